The van der Waals surface area contributed by atoms with E-state index in [0.29, 0.717) is 5.92 Å². The fourth-order valence-corrected chi connectivity index (χ4v) is 4.87. The number of fused-ring (bicyclic) bond motifs is 2. The van der Waals surface area contributed by atoms with Gasteiger partial charge in [-0.3, -0.25) is 0 Å². The van der Waals surface area contributed by atoms with Gasteiger partial charge in [0.05, 0.1) is 0 Å². The zero-order valence-electron chi connectivity index (χ0n) is 15.9. The molecule has 0 nitrogen and oxygen atoms in total. The Bertz CT molecular complexity index is 869. The molecule has 0 N–H and O–H groups in total. The molecule has 0 heterocycles. The first kappa shape index (κ1) is 16.4. The topological polar surface area (TPSA) is 0 Å². The molecule has 0 spiro atoms. The molecule has 1 unspecified atom stereocenters. The summed E-state index contributed by atoms with van der Waals surface area (Å²) in [6, 6.07) is 0. The molecule has 0 radical (unpaired) electrons. The van der Waals surface area contributed by atoms with Gasteiger partial charge >= 0.3 is 0 Å². The summed E-state index contributed by atoms with van der Waals surface area (Å²) < 4.78 is 0. The summed E-state index contributed by atoms with van der Waals surface area (Å²) in [4.78, 5) is 0. The summed E-state index contributed by atoms with van der Waals surface area (Å²) in [7, 11) is 0. The Balaban J connectivity index is 1.47. The molecule has 1 atom stereocenters. The van der Waals surface area contributed by atoms with Crippen molar-refractivity contribution < 1.29 is 0 Å². The lowest BCUT2D eigenvalue weighted by Crippen LogP contribution is -2.03. The molecule has 0 amide bonds. The molecule has 4 aliphatic rings. The number of allylic oxidation sites excluding steroid dienone is 16. The maximum atomic E-state index is 2.38. The molecule has 0 aromatic rings. The van der Waals surface area contributed by atoms with Crippen LogP contribution in [0.4, 0.5) is 0 Å². The zero-order chi connectivity index (χ0) is 17.6. The summed E-state index contributed by atoms with van der Waals surface area (Å²) >= 11 is 0. The van der Waals surface area contributed by atoms with Gasteiger partial charge in [-0.2, -0.15) is 0 Å². The lowest BCUT2D eigenvalue weighted by molar-refractivity contribution is 0.747. The largest absolute Gasteiger partial charge is 0.0801 e. The summed E-state index contributed by atoms with van der Waals surface area (Å²) in [5.41, 5.74) is 13.9. The van der Waals surface area contributed by atoms with E-state index in [-0.39, 0.29) is 0 Å². The second-order valence-electron chi connectivity index (χ2n) is 7.73. The highest BCUT2D eigenvalue weighted by molar-refractivity contribution is 5.65. The van der Waals surface area contributed by atoms with Crippen molar-refractivity contribution in [2.45, 2.75) is 53.4 Å². The third kappa shape index (κ3) is 2.59. The molecule has 0 saturated carbocycles. The van der Waals surface area contributed by atoms with Crippen LogP contribution in [0.3, 0.4) is 0 Å². The smallest absolute Gasteiger partial charge is 0.0239 e. The molecule has 0 bridgehead atoms. The van der Waals surface area contributed by atoms with E-state index >= 15 is 0 Å². The summed E-state index contributed by atoms with van der Waals surface area (Å²) in [6.45, 7) is 9.22. The van der Waals surface area contributed by atoms with Crippen LogP contribution in [0.5, 0.6) is 0 Å². The molecule has 0 aromatic heterocycles. The Morgan fingerprint density at radius 1 is 0.880 bits per heavy atom. The predicted octanol–water partition coefficient (Wildman–Crippen LogP) is 7.08. The highest BCUT2D eigenvalue weighted by atomic mass is 14.3. The van der Waals surface area contributed by atoms with Gasteiger partial charge in [0.15, 0.2) is 0 Å². The number of rotatable bonds is 4. The monoisotopic (exact) mass is 328 g/mol. The molecule has 4 aliphatic carbocycles. The van der Waals surface area contributed by atoms with Crippen molar-refractivity contribution in [1.82, 2.24) is 0 Å². The Morgan fingerprint density at radius 3 is 2.56 bits per heavy atom. The van der Waals surface area contributed by atoms with E-state index in [4.69, 9.17) is 0 Å². The number of hydrogen-bond donors (Lipinski definition) is 0. The van der Waals surface area contributed by atoms with Gasteiger partial charge in [0, 0.05) is 5.92 Å². The quantitative estimate of drug-likeness (QED) is 0.517. The summed E-state index contributed by atoms with van der Waals surface area (Å²) in [5, 5.41) is 0. The molecule has 0 fully saturated rings. The maximum Gasteiger partial charge on any atom is 0.0239 e. The molecular formula is C25H28. The standard InChI is InChI=1S/C25H28/c1-16-18(3)22(24-12-7-5-10-20(16)24)14-9-15-23-19(4)17(2)21-11-6-8-13-25(21)23/h5-8,10,12-13,24H,9,11,14-15H2,1-4H3. The maximum absolute atomic E-state index is 2.38. The number of hydrogen-bond acceptors (Lipinski definition) is 0. The highest BCUT2D eigenvalue weighted by Crippen LogP contribution is 2.45. The minimum atomic E-state index is 0.538. The Morgan fingerprint density at radius 2 is 1.72 bits per heavy atom. The van der Waals surface area contributed by atoms with Crippen molar-refractivity contribution >= 4 is 0 Å². The third-order valence-electron chi connectivity index (χ3n) is 6.59. The normalized spacial score (nSPS) is 24.6. The first-order chi connectivity index (χ1) is 12.1. The Labute approximate surface area is 152 Å². The minimum Gasteiger partial charge on any atom is -0.0801 e. The molecule has 0 aliphatic heterocycles. The Kier molecular flexibility index (Phi) is 4.15. The molecule has 25 heavy (non-hydrogen) atoms. The van der Waals surface area contributed by atoms with Gasteiger partial charge < -0.3 is 0 Å². The van der Waals surface area contributed by atoms with Crippen LogP contribution in [0.25, 0.3) is 0 Å². The first-order valence-electron chi connectivity index (χ1n) is 9.62. The van der Waals surface area contributed by atoms with Gasteiger partial charge in [-0.05, 0) is 98.0 Å². The van der Waals surface area contributed by atoms with E-state index in [2.05, 4.69) is 70.2 Å². The van der Waals surface area contributed by atoms with Crippen LogP contribution in [-0.4, -0.2) is 0 Å². The molecule has 128 valence electrons. The van der Waals surface area contributed by atoms with Crippen LogP contribution in [0.15, 0.2) is 92.7 Å². The van der Waals surface area contributed by atoms with E-state index in [1.54, 1.807) is 16.7 Å². The molecule has 0 heteroatoms. The van der Waals surface area contributed by atoms with Crippen molar-refractivity contribution in [2.75, 3.05) is 0 Å². The van der Waals surface area contributed by atoms with Crippen molar-refractivity contribution in [2.24, 2.45) is 5.92 Å². The lowest BCUT2D eigenvalue weighted by Gasteiger charge is -2.17. The van der Waals surface area contributed by atoms with E-state index < -0.39 is 0 Å². The molecular weight excluding hydrogens is 300 g/mol. The molecule has 0 aromatic carbocycles. The van der Waals surface area contributed by atoms with Crippen molar-refractivity contribution in [1.29, 1.82) is 0 Å². The third-order valence-corrected chi connectivity index (χ3v) is 6.59. The summed E-state index contributed by atoms with van der Waals surface area (Å²) in [6.07, 6.45) is 20.7. The van der Waals surface area contributed by atoms with E-state index in [1.165, 1.54) is 52.7 Å². The lowest BCUT2D eigenvalue weighted by atomic mass is 9.87. The van der Waals surface area contributed by atoms with Crippen molar-refractivity contribution in [3.8, 4) is 0 Å². The Hall–Kier alpha value is -2.08. The highest BCUT2D eigenvalue weighted by Gasteiger charge is 2.28. The second-order valence-corrected chi connectivity index (χ2v) is 7.73. The minimum absolute atomic E-state index is 0.538. The average Bonchev–Trinajstić information content (AvgIpc) is 3.03. The SMILES string of the molecule is CC1=C2CC=CC=C2C(CCCC2=C(C)C(C)=C3C=CC=CC32)=C1C. The average molecular weight is 328 g/mol. The fraction of sp³-hybridized carbons (Fsp3) is 0.360. The van der Waals surface area contributed by atoms with Crippen LogP contribution < -0.4 is 0 Å². The van der Waals surface area contributed by atoms with E-state index in [9.17, 15) is 0 Å². The van der Waals surface area contributed by atoms with E-state index in [1.807, 2.05) is 0 Å². The first-order valence-corrected chi connectivity index (χ1v) is 9.62. The molecule has 4 rings (SSSR count). The van der Waals surface area contributed by atoms with Gasteiger partial charge in [0.2, 0.25) is 0 Å². The van der Waals surface area contributed by atoms with Gasteiger partial charge in [-0.15, -0.1) is 0 Å². The van der Waals surface area contributed by atoms with Crippen LogP contribution in [0.2, 0.25) is 0 Å². The zero-order valence-corrected chi connectivity index (χ0v) is 15.9. The summed E-state index contributed by atoms with van der Waals surface area (Å²) in [5.74, 6) is 0.538. The molecule has 0 saturated heterocycles. The van der Waals surface area contributed by atoms with Gasteiger partial charge in [0.1, 0.15) is 0 Å². The van der Waals surface area contributed by atoms with E-state index in [0.717, 1.165) is 6.42 Å². The van der Waals surface area contributed by atoms with Crippen LogP contribution in [0, 0.1) is 5.92 Å². The van der Waals surface area contributed by atoms with Crippen molar-refractivity contribution in [3.63, 3.8) is 0 Å². The van der Waals surface area contributed by atoms with Crippen LogP contribution >= 0.6 is 0 Å². The van der Waals surface area contributed by atoms with Crippen molar-refractivity contribution in [3.05, 3.63) is 92.7 Å². The predicted molar refractivity (Wildman–Crippen MR) is 108 cm³/mol. The van der Waals surface area contributed by atoms with Gasteiger partial charge in [-0.1, -0.05) is 48.1 Å². The van der Waals surface area contributed by atoms with Gasteiger partial charge in [0.25, 0.3) is 0 Å². The second kappa shape index (κ2) is 6.33. The fourth-order valence-electron chi connectivity index (χ4n) is 4.87. The van der Waals surface area contributed by atoms with Crippen LogP contribution in [-0.2, 0) is 0 Å². The van der Waals surface area contributed by atoms with Crippen LogP contribution in [0.1, 0.15) is 53.4 Å². The van der Waals surface area contributed by atoms with Gasteiger partial charge in [-0.25, -0.2) is 0 Å².